The van der Waals surface area contributed by atoms with Crippen molar-refractivity contribution in [2.45, 2.75) is 39.2 Å². The van der Waals surface area contributed by atoms with Crippen molar-refractivity contribution < 1.29 is 4.92 Å². The Morgan fingerprint density at radius 3 is 2.67 bits per heavy atom. The van der Waals surface area contributed by atoms with E-state index >= 15 is 0 Å². The molecule has 0 radical (unpaired) electrons. The summed E-state index contributed by atoms with van der Waals surface area (Å²) in [6.45, 7) is 6.89. The molecule has 134 valence electrons. The molecule has 1 aliphatic heterocycles. The zero-order valence-corrected chi connectivity index (χ0v) is 15.0. The van der Waals surface area contributed by atoms with Gasteiger partial charge in [0.25, 0.3) is 0 Å². The van der Waals surface area contributed by atoms with Crippen LogP contribution < -0.4 is 10.2 Å². The van der Waals surface area contributed by atoms with E-state index in [1.807, 2.05) is 11.9 Å². The van der Waals surface area contributed by atoms with Gasteiger partial charge in [-0.15, -0.1) is 0 Å². The molecule has 0 aromatic carbocycles. The summed E-state index contributed by atoms with van der Waals surface area (Å²) < 4.78 is 0. The van der Waals surface area contributed by atoms with Gasteiger partial charge in [0.05, 0.1) is 4.92 Å². The quantitative estimate of drug-likeness (QED) is 0.604. The molecule has 8 heteroatoms. The summed E-state index contributed by atoms with van der Waals surface area (Å²) in [5, 5.41) is 14.7. The first kappa shape index (κ1) is 18.4. The van der Waals surface area contributed by atoms with Crippen LogP contribution in [0.25, 0.3) is 0 Å². The standard InChI is InChI=1S/C16H28N6O2/c1-12(2)5-8-17-15-14(22(23)24)16(19-11-18-15)21(4)13-6-9-20(3)10-7-13/h11-13H,5-10H2,1-4H3,(H,17,18,19). The normalized spacial score (nSPS) is 16.4. The van der Waals surface area contributed by atoms with Crippen LogP contribution in [0.2, 0.25) is 0 Å². The lowest BCUT2D eigenvalue weighted by atomic mass is 10.0. The van der Waals surface area contributed by atoms with E-state index in [0.717, 1.165) is 32.4 Å². The van der Waals surface area contributed by atoms with Crippen LogP contribution >= 0.6 is 0 Å². The second-order valence-corrected chi connectivity index (χ2v) is 6.91. The molecule has 0 aliphatic carbocycles. The maximum absolute atomic E-state index is 11.6. The maximum Gasteiger partial charge on any atom is 0.353 e. The molecule has 0 atom stereocenters. The number of hydrogen-bond donors (Lipinski definition) is 1. The lowest BCUT2D eigenvalue weighted by Gasteiger charge is -2.35. The molecule has 0 bridgehead atoms. The molecule has 1 fully saturated rings. The van der Waals surface area contributed by atoms with Crippen LogP contribution in [-0.2, 0) is 0 Å². The van der Waals surface area contributed by atoms with Crippen LogP contribution in [-0.4, -0.2) is 59.6 Å². The van der Waals surface area contributed by atoms with Crippen LogP contribution in [0.3, 0.4) is 0 Å². The number of anilines is 2. The first-order valence-corrected chi connectivity index (χ1v) is 8.54. The predicted octanol–water partition coefficient (Wildman–Crippen LogP) is 2.37. The number of piperidine rings is 1. The molecule has 0 unspecified atom stereocenters. The Labute approximate surface area is 143 Å². The van der Waals surface area contributed by atoms with Gasteiger partial charge in [-0.1, -0.05) is 13.8 Å². The first-order chi connectivity index (χ1) is 11.4. The minimum absolute atomic E-state index is 0.0253. The van der Waals surface area contributed by atoms with E-state index in [1.54, 1.807) is 0 Å². The van der Waals surface area contributed by atoms with Crippen LogP contribution in [0.4, 0.5) is 17.3 Å². The number of aromatic nitrogens is 2. The van der Waals surface area contributed by atoms with Crippen LogP contribution in [0, 0.1) is 16.0 Å². The fourth-order valence-corrected chi connectivity index (χ4v) is 2.96. The van der Waals surface area contributed by atoms with E-state index < -0.39 is 0 Å². The highest BCUT2D eigenvalue weighted by Gasteiger charge is 2.30. The predicted molar refractivity (Wildman–Crippen MR) is 95.6 cm³/mol. The number of nitrogens with one attached hydrogen (secondary N) is 1. The number of nitro groups is 1. The Kier molecular flexibility index (Phi) is 6.30. The van der Waals surface area contributed by atoms with Crippen molar-refractivity contribution >= 4 is 17.3 Å². The van der Waals surface area contributed by atoms with Gasteiger partial charge >= 0.3 is 5.69 Å². The van der Waals surface area contributed by atoms with E-state index in [2.05, 4.69) is 41.1 Å². The molecular formula is C16H28N6O2. The molecule has 2 heterocycles. The van der Waals surface area contributed by atoms with E-state index in [0.29, 0.717) is 24.1 Å². The third-order valence-electron chi connectivity index (χ3n) is 4.57. The Morgan fingerprint density at radius 1 is 1.42 bits per heavy atom. The van der Waals surface area contributed by atoms with Gasteiger partial charge in [-0.3, -0.25) is 10.1 Å². The van der Waals surface area contributed by atoms with Gasteiger partial charge in [-0.25, -0.2) is 9.97 Å². The summed E-state index contributed by atoms with van der Waals surface area (Å²) in [6, 6.07) is 0.262. The van der Waals surface area contributed by atoms with Gasteiger partial charge in [0, 0.05) is 19.6 Å². The Hall–Kier alpha value is -1.96. The van der Waals surface area contributed by atoms with Gasteiger partial charge in [0.1, 0.15) is 6.33 Å². The fourth-order valence-electron chi connectivity index (χ4n) is 2.96. The van der Waals surface area contributed by atoms with Crippen molar-refractivity contribution in [3.05, 3.63) is 16.4 Å². The molecule has 0 amide bonds. The zero-order valence-electron chi connectivity index (χ0n) is 15.0. The summed E-state index contributed by atoms with van der Waals surface area (Å²) >= 11 is 0. The average molecular weight is 336 g/mol. The van der Waals surface area contributed by atoms with E-state index in [9.17, 15) is 10.1 Å². The topological polar surface area (TPSA) is 87.4 Å². The monoisotopic (exact) mass is 336 g/mol. The molecule has 24 heavy (non-hydrogen) atoms. The summed E-state index contributed by atoms with van der Waals surface area (Å²) in [6.07, 6.45) is 4.29. The van der Waals surface area contributed by atoms with Gasteiger partial charge < -0.3 is 15.1 Å². The highest BCUT2D eigenvalue weighted by Crippen LogP contribution is 2.33. The van der Waals surface area contributed by atoms with E-state index in [4.69, 9.17) is 0 Å². The number of hydrogen-bond acceptors (Lipinski definition) is 7. The van der Waals surface area contributed by atoms with Crippen molar-refractivity contribution in [3.8, 4) is 0 Å². The molecule has 1 saturated heterocycles. The van der Waals surface area contributed by atoms with Gasteiger partial charge in [0.15, 0.2) is 0 Å². The molecule has 1 N–H and O–H groups in total. The number of likely N-dealkylation sites (tertiary alicyclic amines) is 1. The third-order valence-corrected chi connectivity index (χ3v) is 4.57. The minimum atomic E-state index is -0.376. The lowest BCUT2D eigenvalue weighted by molar-refractivity contribution is -0.383. The van der Waals surface area contributed by atoms with Crippen molar-refractivity contribution in [1.29, 1.82) is 0 Å². The Bertz CT molecular complexity index is 557. The fraction of sp³-hybridized carbons (Fsp3) is 0.750. The van der Waals surface area contributed by atoms with Crippen molar-refractivity contribution in [2.75, 3.05) is 43.9 Å². The molecule has 0 spiro atoms. The summed E-state index contributed by atoms with van der Waals surface area (Å²) in [4.78, 5) is 23.8. The van der Waals surface area contributed by atoms with E-state index in [1.165, 1.54) is 6.33 Å². The van der Waals surface area contributed by atoms with Crippen molar-refractivity contribution in [2.24, 2.45) is 5.92 Å². The van der Waals surface area contributed by atoms with Gasteiger partial charge in [-0.2, -0.15) is 0 Å². The average Bonchev–Trinajstić information content (AvgIpc) is 2.54. The Morgan fingerprint density at radius 2 is 2.08 bits per heavy atom. The second-order valence-electron chi connectivity index (χ2n) is 6.91. The van der Waals surface area contributed by atoms with Crippen LogP contribution in [0.5, 0.6) is 0 Å². The van der Waals surface area contributed by atoms with Crippen LogP contribution in [0.15, 0.2) is 6.33 Å². The number of rotatable bonds is 7. The lowest BCUT2D eigenvalue weighted by Crippen LogP contribution is -2.42. The van der Waals surface area contributed by atoms with Gasteiger partial charge in [-0.05, 0) is 45.3 Å². The summed E-state index contributed by atoms with van der Waals surface area (Å²) in [7, 11) is 3.99. The zero-order chi connectivity index (χ0) is 17.7. The largest absolute Gasteiger partial charge is 0.364 e. The molecular weight excluding hydrogens is 308 g/mol. The Balaban J connectivity index is 2.20. The van der Waals surface area contributed by atoms with Gasteiger partial charge in [0.2, 0.25) is 11.6 Å². The first-order valence-electron chi connectivity index (χ1n) is 8.54. The highest BCUT2D eigenvalue weighted by atomic mass is 16.6. The summed E-state index contributed by atoms with van der Waals surface area (Å²) in [5.74, 6) is 1.24. The number of nitrogens with zero attached hydrogens (tertiary/aromatic N) is 5. The van der Waals surface area contributed by atoms with Crippen LogP contribution in [0.1, 0.15) is 33.1 Å². The molecule has 1 aromatic heterocycles. The molecule has 2 rings (SSSR count). The minimum Gasteiger partial charge on any atom is -0.364 e. The molecule has 1 aromatic rings. The summed E-state index contributed by atoms with van der Waals surface area (Å²) in [5.41, 5.74) is -0.0253. The molecule has 0 saturated carbocycles. The maximum atomic E-state index is 11.6. The van der Waals surface area contributed by atoms with E-state index in [-0.39, 0.29) is 16.7 Å². The third kappa shape index (κ3) is 4.53. The smallest absolute Gasteiger partial charge is 0.353 e. The van der Waals surface area contributed by atoms with Crippen molar-refractivity contribution in [1.82, 2.24) is 14.9 Å². The second kappa shape index (κ2) is 8.23. The highest BCUT2D eigenvalue weighted by molar-refractivity contribution is 5.70. The molecule has 8 nitrogen and oxygen atoms in total. The SMILES string of the molecule is CC(C)CCNc1ncnc(N(C)C2CCN(C)CC2)c1[N+](=O)[O-]. The molecule has 1 aliphatic rings. The van der Waals surface area contributed by atoms with Crippen molar-refractivity contribution in [3.63, 3.8) is 0 Å².